The number of nitrogens with one attached hydrogen (secondary N) is 1. The number of benzene rings is 2. The molecule has 3 N–H and O–H groups in total. The lowest BCUT2D eigenvalue weighted by molar-refractivity contribution is 0.0226. The molecule has 0 aliphatic carbocycles. The highest BCUT2D eigenvalue weighted by Crippen LogP contribution is 2.17. The fourth-order valence-corrected chi connectivity index (χ4v) is 3.20. The van der Waals surface area contributed by atoms with Gasteiger partial charge >= 0.3 is 0 Å². The van der Waals surface area contributed by atoms with Gasteiger partial charge in [-0.2, -0.15) is 5.10 Å². The van der Waals surface area contributed by atoms with E-state index in [2.05, 4.69) is 15.4 Å². The molecular formula is C22H26N4O2. The third-order valence-electron chi connectivity index (χ3n) is 4.73. The van der Waals surface area contributed by atoms with E-state index in [4.69, 9.17) is 10.6 Å². The average Bonchev–Trinajstić information content (AvgIpc) is 2.73. The van der Waals surface area contributed by atoms with Gasteiger partial charge in [0.2, 0.25) is 0 Å². The van der Waals surface area contributed by atoms with Crippen molar-refractivity contribution in [1.82, 2.24) is 0 Å². The molecule has 1 heterocycles. The van der Waals surface area contributed by atoms with Crippen molar-refractivity contribution in [2.75, 3.05) is 18.5 Å². The van der Waals surface area contributed by atoms with E-state index in [1.54, 1.807) is 18.3 Å². The number of aliphatic imine (C=N–C) groups is 1. The van der Waals surface area contributed by atoms with Crippen molar-refractivity contribution in [2.45, 2.75) is 32.3 Å². The van der Waals surface area contributed by atoms with Gasteiger partial charge in [-0.1, -0.05) is 24.3 Å². The minimum absolute atomic E-state index is 0.144. The summed E-state index contributed by atoms with van der Waals surface area (Å²) >= 11 is 0. The molecule has 1 saturated heterocycles. The zero-order valence-corrected chi connectivity index (χ0v) is 16.1. The molecule has 1 fully saturated rings. The summed E-state index contributed by atoms with van der Waals surface area (Å²) in [4.78, 5) is 16.8. The van der Waals surface area contributed by atoms with Crippen LogP contribution in [0.5, 0.6) is 0 Å². The van der Waals surface area contributed by atoms with Gasteiger partial charge in [-0.15, -0.1) is 0 Å². The van der Waals surface area contributed by atoms with Crippen molar-refractivity contribution in [1.29, 1.82) is 0 Å². The van der Waals surface area contributed by atoms with Crippen LogP contribution in [0.1, 0.15) is 40.7 Å². The second kappa shape index (κ2) is 9.80. The Bertz CT molecular complexity index is 856. The fourth-order valence-electron chi connectivity index (χ4n) is 3.20. The highest BCUT2D eigenvalue weighted by atomic mass is 16.5. The van der Waals surface area contributed by atoms with Gasteiger partial charge in [0.15, 0.2) is 0 Å². The number of amides is 1. The van der Waals surface area contributed by atoms with Crippen LogP contribution >= 0.6 is 0 Å². The van der Waals surface area contributed by atoms with E-state index in [0.29, 0.717) is 17.8 Å². The minimum Gasteiger partial charge on any atom is -0.376 e. The first-order chi connectivity index (χ1) is 13.7. The summed E-state index contributed by atoms with van der Waals surface area (Å²) in [6, 6.07) is 14.8. The maximum absolute atomic E-state index is 12.3. The third kappa shape index (κ3) is 5.27. The molecule has 1 amide bonds. The fraction of sp³-hybridized carbons (Fsp3) is 0.318. The van der Waals surface area contributed by atoms with Crippen LogP contribution in [0, 0.1) is 6.92 Å². The van der Waals surface area contributed by atoms with Gasteiger partial charge in [0.05, 0.1) is 12.6 Å². The lowest BCUT2D eigenvalue weighted by atomic mass is 10.0. The molecule has 0 saturated carbocycles. The summed E-state index contributed by atoms with van der Waals surface area (Å²) in [7, 11) is 0. The Hall–Kier alpha value is -2.99. The van der Waals surface area contributed by atoms with E-state index >= 15 is 0 Å². The van der Waals surface area contributed by atoms with Crippen molar-refractivity contribution in [3.8, 4) is 0 Å². The van der Waals surface area contributed by atoms with Crippen molar-refractivity contribution < 1.29 is 9.53 Å². The van der Waals surface area contributed by atoms with Crippen molar-refractivity contribution in [3.05, 3.63) is 65.2 Å². The zero-order valence-electron chi connectivity index (χ0n) is 16.1. The highest BCUT2D eigenvalue weighted by Gasteiger charge is 2.13. The van der Waals surface area contributed by atoms with Gasteiger partial charge in [-0.05, 0) is 56.0 Å². The molecule has 146 valence electrons. The van der Waals surface area contributed by atoms with Crippen LogP contribution in [0.4, 0.5) is 5.69 Å². The summed E-state index contributed by atoms with van der Waals surface area (Å²) < 4.78 is 5.69. The number of anilines is 1. The van der Waals surface area contributed by atoms with Gasteiger partial charge in [-0.25, -0.2) is 0 Å². The van der Waals surface area contributed by atoms with Crippen LogP contribution in [0.25, 0.3) is 0 Å². The van der Waals surface area contributed by atoms with Gasteiger partial charge in [0.25, 0.3) is 5.91 Å². The number of ether oxygens (including phenoxy) is 1. The first-order valence-electron chi connectivity index (χ1n) is 9.54. The van der Waals surface area contributed by atoms with Gasteiger partial charge < -0.3 is 15.9 Å². The molecule has 3 rings (SSSR count). The molecule has 28 heavy (non-hydrogen) atoms. The topological polar surface area (TPSA) is 89.1 Å². The molecule has 0 radical (unpaired) electrons. The Morgan fingerprint density at radius 2 is 2.07 bits per heavy atom. The molecule has 2 aromatic rings. The van der Waals surface area contributed by atoms with Crippen LogP contribution in [-0.2, 0) is 4.74 Å². The Balaban J connectivity index is 1.65. The molecule has 6 nitrogen and oxygen atoms in total. The summed E-state index contributed by atoms with van der Waals surface area (Å²) in [6.45, 7) is 3.38. The minimum atomic E-state index is -0.144. The standard InChI is InChI=1S/C22H26N4O2/c1-16-13-18(25-22(27)17-7-3-2-4-8-17)10-11-20(16)21(26-23)15-24-14-19-9-5-6-12-28-19/h2-4,7-8,10-11,13,15,19H,5-6,9,12,14,23H2,1H3,(H,25,27)/b24-15?,26-21+. The van der Waals surface area contributed by atoms with Crippen LogP contribution in [0.2, 0.25) is 0 Å². The molecule has 1 aliphatic rings. The SMILES string of the molecule is Cc1cc(NC(=O)c2ccccc2)ccc1/C(C=NCC1CCCCO1)=N/N. The number of carbonyl (C=O) groups is 1. The molecule has 0 spiro atoms. The second-order valence-electron chi connectivity index (χ2n) is 6.85. The van der Waals surface area contributed by atoms with E-state index in [0.717, 1.165) is 36.3 Å². The lowest BCUT2D eigenvalue weighted by Gasteiger charge is -2.20. The smallest absolute Gasteiger partial charge is 0.255 e. The average molecular weight is 378 g/mol. The van der Waals surface area contributed by atoms with E-state index in [1.807, 2.05) is 43.3 Å². The number of aryl methyl sites for hydroxylation is 1. The number of rotatable bonds is 6. The Morgan fingerprint density at radius 1 is 1.25 bits per heavy atom. The number of nitrogens with two attached hydrogens (primary N) is 1. The molecule has 0 bridgehead atoms. The van der Waals surface area contributed by atoms with Crippen LogP contribution < -0.4 is 11.2 Å². The molecule has 2 aromatic carbocycles. The molecule has 1 aliphatic heterocycles. The van der Waals surface area contributed by atoms with Gasteiger partial charge in [0.1, 0.15) is 5.71 Å². The van der Waals surface area contributed by atoms with Crippen molar-refractivity contribution >= 4 is 23.5 Å². The van der Waals surface area contributed by atoms with Crippen molar-refractivity contribution in [3.63, 3.8) is 0 Å². The molecule has 0 aromatic heterocycles. The largest absolute Gasteiger partial charge is 0.376 e. The lowest BCUT2D eigenvalue weighted by Crippen LogP contribution is -2.22. The Morgan fingerprint density at radius 3 is 2.75 bits per heavy atom. The predicted octanol–water partition coefficient (Wildman–Crippen LogP) is 3.55. The zero-order chi connectivity index (χ0) is 19.8. The second-order valence-corrected chi connectivity index (χ2v) is 6.85. The van der Waals surface area contributed by atoms with E-state index in [-0.39, 0.29) is 12.0 Å². The molecule has 6 heteroatoms. The quantitative estimate of drug-likeness (QED) is 0.458. The summed E-state index contributed by atoms with van der Waals surface area (Å²) in [5, 5.41) is 6.79. The summed E-state index contributed by atoms with van der Waals surface area (Å²) in [5.74, 6) is 5.44. The summed E-state index contributed by atoms with van der Waals surface area (Å²) in [5.41, 5.74) is 3.78. The molecule has 1 unspecified atom stereocenters. The summed E-state index contributed by atoms with van der Waals surface area (Å²) in [6.07, 6.45) is 5.24. The van der Waals surface area contributed by atoms with Crippen LogP contribution in [0.3, 0.4) is 0 Å². The molecule has 1 atom stereocenters. The Kier molecular flexibility index (Phi) is 6.92. The van der Waals surface area contributed by atoms with Crippen molar-refractivity contribution in [2.24, 2.45) is 15.9 Å². The number of hydrogen-bond donors (Lipinski definition) is 2. The normalized spacial score (nSPS) is 17.6. The maximum Gasteiger partial charge on any atom is 0.255 e. The van der Waals surface area contributed by atoms with Gasteiger partial charge in [0, 0.05) is 29.6 Å². The number of carbonyl (C=O) groups excluding carboxylic acids is 1. The first kappa shape index (κ1) is 19.8. The monoisotopic (exact) mass is 378 g/mol. The van der Waals surface area contributed by atoms with Crippen LogP contribution in [-0.4, -0.2) is 37.1 Å². The third-order valence-corrected chi connectivity index (χ3v) is 4.73. The Labute approximate surface area is 165 Å². The van der Waals surface area contributed by atoms with E-state index in [1.165, 1.54) is 6.42 Å². The first-order valence-corrected chi connectivity index (χ1v) is 9.54. The molecular weight excluding hydrogens is 352 g/mol. The highest BCUT2D eigenvalue weighted by molar-refractivity contribution is 6.38. The number of nitrogens with zero attached hydrogens (tertiary/aromatic N) is 2. The number of hydrazone groups is 1. The predicted molar refractivity (Wildman–Crippen MR) is 113 cm³/mol. The number of hydrogen-bond acceptors (Lipinski definition) is 5. The van der Waals surface area contributed by atoms with Gasteiger partial charge in [-0.3, -0.25) is 9.79 Å². The van der Waals surface area contributed by atoms with E-state index < -0.39 is 0 Å². The maximum atomic E-state index is 12.3. The van der Waals surface area contributed by atoms with E-state index in [9.17, 15) is 4.79 Å². The van der Waals surface area contributed by atoms with Crippen LogP contribution in [0.15, 0.2) is 58.6 Å².